The Morgan fingerprint density at radius 1 is 1.24 bits per heavy atom. The first-order valence-electron chi connectivity index (χ1n) is 7.92. The van der Waals surface area contributed by atoms with E-state index in [0.29, 0.717) is 12.5 Å². The first-order valence-corrected chi connectivity index (χ1v) is 9.81. The van der Waals surface area contributed by atoms with Crippen molar-refractivity contribution in [1.82, 2.24) is 19.6 Å². The van der Waals surface area contributed by atoms with Crippen LogP contribution in [0.2, 0.25) is 0 Å². The van der Waals surface area contributed by atoms with Gasteiger partial charge < -0.3 is 4.90 Å². The van der Waals surface area contributed by atoms with Crippen LogP contribution in [-0.2, 0) is 10.0 Å². The Morgan fingerprint density at radius 2 is 1.96 bits per heavy atom. The summed E-state index contributed by atoms with van der Waals surface area (Å²) in [6.07, 6.45) is 1.89. The molecule has 2 rings (SSSR count). The first-order chi connectivity index (χ1) is 11.7. The molecule has 2 N–H and O–H groups in total. The standard InChI is InChI=1S/C16H24N6O2S/c1-12-13-8-5-6-9-14(13)19-16(18-12)20-15(21-25(4,23)24)17-10-7-11-22(2)3/h5-6,8-9H,7,10-11H2,1-4H3,(H2,17,18,19,20,21). The average molecular weight is 364 g/mol. The monoisotopic (exact) mass is 364 g/mol. The molecule has 1 heterocycles. The zero-order valence-corrected chi connectivity index (χ0v) is 15.8. The normalized spacial score (nSPS) is 12.6. The SMILES string of the molecule is Cc1nc(NC(=NCCCN(C)C)NS(C)(=O)=O)nc2ccccc12. The summed E-state index contributed by atoms with van der Waals surface area (Å²) in [6.45, 7) is 3.23. The predicted molar refractivity (Wildman–Crippen MR) is 101 cm³/mol. The Labute approximate surface area is 148 Å². The second-order valence-electron chi connectivity index (χ2n) is 6.04. The van der Waals surface area contributed by atoms with E-state index in [4.69, 9.17) is 0 Å². The molecule has 0 atom stereocenters. The molecule has 2 aromatic rings. The van der Waals surface area contributed by atoms with Gasteiger partial charge >= 0.3 is 0 Å². The second kappa shape index (κ2) is 8.21. The minimum absolute atomic E-state index is 0.121. The van der Waals surface area contributed by atoms with Gasteiger partial charge in [0.1, 0.15) is 0 Å². The van der Waals surface area contributed by atoms with Crippen LogP contribution in [0.5, 0.6) is 0 Å². The van der Waals surface area contributed by atoms with Gasteiger partial charge in [0.25, 0.3) is 0 Å². The molecule has 1 aromatic heterocycles. The molecule has 0 unspecified atom stereocenters. The molecule has 0 amide bonds. The fourth-order valence-electron chi connectivity index (χ4n) is 2.25. The lowest BCUT2D eigenvalue weighted by molar-refractivity contribution is 0.403. The smallest absolute Gasteiger partial charge is 0.232 e. The van der Waals surface area contributed by atoms with E-state index >= 15 is 0 Å². The second-order valence-corrected chi connectivity index (χ2v) is 7.78. The van der Waals surface area contributed by atoms with Gasteiger partial charge in [0, 0.05) is 11.9 Å². The molecule has 8 nitrogen and oxygen atoms in total. The number of nitrogens with one attached hydrogen (secondary N) is 2. The van der Waals surface area contributed by atoms with Crippen LogP contribution in [0.4, 0.5) is 5.95 Å². The number of rotatable bonds is 6. The number of para-hydroxylation sites is 1. The number of anilines is 1. The van der Waals surface area contributed by atoms with Gasteiger partial charge in [0.2, 0.25) is 21.9 Å². The molecule has 0 aliphatic rings. The Kier molecular flexibility index (Phi) is 6.27. The summed E-state index contributed by atoms with van der Waals surface area (Å²) in [5, 5.41) is 3.83. The highest BCUT2D eigenvalue weighted by molar-refractivity contribution is 7.89. The number of hydrogen-bond donors (Lipinski definition) is 2. The van der Waals surface area contributed by atoms with Crippen LogP contribution in [0, 0.1) is 6.92 Å². The molecule has 0 saturated heterocycles. The Hall–Kier alpha value is -2.26. The topological polar surface area (TPSA) is 99.6 Å². The minimum Gasteiger partial charge on any atom is -0.309 e. The Balaban J connectivity index is 2.21. The van der Waals surface area contributed by atoms with Crippen LogP contribution >= 0.6 is 0 Å². The van der Waals surface area contributed by atoms with Gasteiger partial charge in [-0.2, -0.15) is 0 Å². The fourth-order valence-corrected chi connectivity index (χ4v) is 2.71. The van der Waals surface area contributed by atoms with Crippen LogP contribution in [0.15, 0.2) is 29.3 Å². The molecule has 0 bridgehead atoms. The lowest BCUT2D eigenvalue weighted by atomic mass is 10.2. The molecule has 0 spiro atoms. The van der Waals surface area contributed by atoms with E-state index in [0.717, 1.165) is 35.8 Å². The van der Waals surface area contributed by atoms with Crippen LogP contribution < -0.4 is 10.0 Å². The summed E-state index contributed by atoms with van der Waals surface area (Å²) in [6, 6.07) is 7.64. The van der Waals surface area contributed by atoms with Crippen molar-refractivity contribution in [3.63, 3.8) is 0 Å². The van der Waals surface area contributed by atoms with Crippen molar-refractivity contribution < 1.29 is 8.42 Å². The van der Waals surface area contributed by atoms with Crippen LogP contribution in [0.1, 0.15) is 12.1 Å². The number of fused-ring (bicyclic) bond motifs is 1. The molecule has 0 radical (unpaired) electrons. The van der Waals surface area contributed by atoms with Gasteiger partial charge in [-0.05, 0) is 40.1 Å². The minimum atomic E-state index is -3.46. The molecule has 0 fully saturated rings. The largest absolute Gasteiger partial charge is 0.309 e. The lowest BCUT2D eigenvalue weighted by Gasteiger charge is -2.12. The van der Waals surface area contributed by atoms with E-state index in [1.165, 1.54) is 0 Å². The third-order valence-corrected chi connectivity index (χ3v) is 3.90. The number of sulfonamides is 1. The maximum absolute atomic E-state index is 11.6. The molecular formula is C16H24N6O2S. The van der Waals surface area contributed by atoms with Crippen LogP contribution in [0.3, 0.4) is 0 Å². The van der Waals surface area contributed by atoms with Crippen molar-refractivity contribution in [1.29, 1.82) is 0 Å². The van der Waals surface area contributed by atoms with E-state index in [1.54, 1.807) is 0 Å². The van der Waals surface area contributed by atoms with Gasteiger partial charge in [-0.25, -0.2) is 18.4 Å². The molecule has 136 valence electrons. The number of guanidine groups is 1. The maximum atomic E-state index is 11.6. The van der Waals surface area contributed by atoms with Gasteiger partial charge in [0.05, 0.1) is 17.5 Å². The fraction of sp³-hybridized carbons (Fsp3) is 0.438. The van der Waals surface area contributed by atoms with Crippen molar-refractivity contribution in [3.05, 3.63) is 30.0 Å². The highest BCUT2D eigenvalue weighted by Gasteiger charge is 2.10. The molecule has 0 saturated carbocycles. The van der Waals surface area contributed by atoms with Crippen molar-refractivity contribution in [2.45, 2.75) is 13.3 Å². The Bertz CT molecular complexity index is 864. The van der Waals surface area contributed by atoms with E-state index in [9.17, 15) is 8.42 Å². The van der Waals surface area contributed by atoms with Gasteiger partial charge in [-0.15, -0.1) is 0 Å². The number of aromatic nitrogens is 2. The molecular weight excluding hydrogens is 340 g/mol. The summed E-state index contributed by atoms with van der Waals surface area (Å²) >= 11 is 0. The highest BCUT2D eigenvalue weighted by atomic mass is 32.2. The average Bonchev–Trinajstić information content (AvgIpc) is 2.50. The van der Waals surface area contributed by atoms with Crippen molar-refractivity contribution in [2.24, 2.45) is 4.99 Å². The van der Waals surface area contributed by atoms with Crippen molar-refractivity contribution >= 4 is 32.8 Å². The van der Waals surface area contributed by atoms with E-state index in [-0.39, 0.29) is 5.96 Å². The number of nitrogens with zero attached hydrogens (tertiary/aromatic N) is 4. The Morgan fingerprint density at radius 3 is 2.64 bits per heavy atom. The molecule has 1 aromatic carbocycles. The summed E-state index contributed by atoms with van der Waals surface area (Å²) in [5.41, 5.74) is 1.59. The maximum Gasteiger partial charge on any atom is 0.232 e. The van der Waals surface area contributed by atoms with E-state index in [2.05, 4.69) is 25.0 Å². The number of aliphatic imine (C=N–C) groups is 1. The highest BCUT2D eigenvalue weighted by Crippen LogP contribution is 2.16. The predicted octanol–water partition coefficient (Wildman–Crippen LogP) is 1.21. The number of hydrogen-bond acceptors (Lipinski definition) is 6. The van der Waals surface area contributed by atoms with E-state index < -0.39 is 10.0 Å². The van der Waals surface area contributed by atoms with E-state index in [1.807, 2.05) is 50.2 Å². The van der Waals surface area contributed by atoms with Gasteiger partial charge in [0.15, 0.2) is 0 Å². The molecule has 0 aliphatic carbocycles. The van der Waals surface area contributed by atoms with Crippen molar-refractivity contribution in [2.75, 3.05) is 38.8 Å². The molecule has 0 aliphatic heterocycles. The summed E-state index contributed by atoms with van der Waals surface area (Å²) in [5.74, 6) is 0.426. The first kappa shape index (κ1) is 19.1. The summed E-state index contributed by atoms with van der Waals surface area (Å²) in [7, 11) is 0.492. The number of benzene rings is 1. The summed E-state index contributed by atoms with van der Waals surface area (Å²) < 4.78 is 25.5. The zero-order valence-electron chi connectivity index (χ0n) is 14.9. The van der Waals surface area contributed by atoms with Crippen LogP contribution in [-0.4, -0.2) is 62.7 Å². The third-order valence-electron chi connectivity index (χ3n) is 3.34. The third kappa shape index (κ3) is 6.28. The van der Waals surface area contributed by atoms with Gasteiger partial charge in [-0.1, -0.05) is 18.2 Å². The van der Waals surface area contributed by atoms with Crippen molar-refractivity contribution in [3.8, 4) is 0 Å². The van der Waals surface area contributed by atoms with Crippen LogP contribution in [0.25, 0.3) is 10.9 Å². The zero-order chi connectivity index (χ0) is 18.4. The summed E-state index contributed by atoms with van der Waals surface area (Å²) in [4.78, 5) is 15.1. The number of aryl methyl sites for hydroxylation is 1. The van der Waals surface area contributed by atoms with Gasteiger partial charge in [-0.3, -0.25) is 15.0 Å². The molecule has 25 heavy (non-hydrogen) atoms. The lowest BCUT2D eigenvalue weighted by Crippen LogP contribution is -2.36. The molecule has 9 heteroatoms. The quantitative estimate of drug-likeness (QED) is 0.454.